The molecule has 2 aliphatic rings. The van der Waals surface area contributed by atoms with E-state index in [1.807, 2.05) is 4.68 Å². The van der Waals surface area contributed by atoms with Gasteiger partial charge in [-0.05, 0) is 18.9 Å². The second kappa shape index (κ2) is 5.28. The molecule has 1 fully saturated rings. The molecule has 0 bridgehead atoms. The summed E-state index contributed by atoms with van der Waals surface area (Å²) in [6, 6.07) is 2.02. The number of amides is 2. The Morgan fingerprint density at radius 3 is 3.05 bits per heavy atom. The number of nitrogens with one attached hydrogen (secondary N) is 1. The van der Waals surface area contributed by atoms with Crippen molar-refractivity contribution >= 4 is 22.5 Å². The third-order valence-corrected chi connectivity index (χ3v) is 4.87. The molecule has 2 aromatic rings. The molecule has 4 rings (SSSR count). The molecular formula is C14H17N5O2S. The van der Waals surface area contributed by atoms with Gasteiger partial charge in [0.1, 0.15) is 0 Å². The van der Waals surface area contributed by atoms with Gasteiger partial charge in [0, 0.05) is 12.5 Å². The van der Waals surface area contributed by atoms with Gasteiger partial charge in [0.2, 0.25) is 0 Å². The number of hydrogen-bond donors (Lipinski definition) is 1. The Labute approximate surface area is 131 Å². The minimum atomic E-state index is -0.127. The van der Waals surface area contributed by atoms with Crippen molar-refractivity contribution in [3.63, 3.8) is 0 Å². The van der Waals surface area contributed by atoms with Crippen LogP contribution in [0.1, 0.15) is 30.1 Å². The summed E-state index contributed by atoms with van der Waals surface area (Å²) in [5.74, 6) is 0.642. The minimum absolute atomic E-state index is 0.127. The third kappa shape index (κ3) is 2.54. The maximum Gasteiger partial charge on any atom is 0.324 e. The van der Waals surface area contributed by atoms with E-state index in [-0.39, 0.29) is 6.03 Å². The summed E-state index contributed by atoms with van der Waals surface area (Å²) in [5.41, 5.74) is 2.29. The Hall–Kier alpha value is -2.09. The molecule has 1 aliphatic carbocycles. The molecule has 1 aliphatic heterocycles. The van der Waals surface area contributed by atoms with Gasteiger partial charge in [-0.1, -0.05) is 11.3 Å². The molecule has 2 aromatic heterocycles. The maximum atomic E-state index is 12.3. The fourth-order valence-electron chi connectivity index (χ4n) is 2.62. The quantitative estimate of drug-likeness (QED) is 0.942. The van der Waals surface area contributed by atoms with Crippen LogP contribution in [0.4, 0.5) is 9.93 Å². The van der Waals surface area contributed by atoms with Crippen LogP contribution < -0.4 is 10.1 Å². The van der Waals surface area contributed by atoms with Crippen LogP contribution in [0, 0.1) is 0 Å². The van der Waals surface area contributed by atoms with Crippen LogP contribution in [0.2, 0.25) is 0 Å². The van der Waals surface area contributed by atoms with E-state index < -0.39 is 0 Å². The average molecular weight is 319 g/mol. The molecule has 116 valence electrons. The number of thiazole rings is 1. The highest BCUT2D eigenvalue weighted by atomic mass is 32.1. The smallest absolute Gasteiger partial charge is 0.324 e. The van der Waals surface area contributed by atoms with Crippen molar-refractivity contribution in [2.45, 2.75) is 31.8 Å². The largest absolute Gasteiger partial charge is 0.486 e. The Kier molecular flexibility index (Phi) is 3.25. The molecule has 3 heterocycles. The molecule has 0 aromatic carbocycles. The van der Waals surface area contributed by atoms with E-state index in [0.29, 0.717) is 29.2 Å². The molecule has 2 amide bonds. The Balaban J connectivity index is 1.43. The van der Waals surface area contributed by atoms with Gasteiger partial charge in [-0.15, -0.1) is 0 Å². The second-order valence-electron chi connectivity index (χ2n) is 5.60. The Morgan fingerprint density at radius 1 is 1.45 bits per heavy atom. The van der Waals surface area contributed by atoms with Gasteiger partial charge in [0.05, 0.1) is 37.8 Å². The summed E-state index contributed by atoms with van der Waals surface area (Å²) in [4.78, 5) is 18.3. The molecule has 1 N–H and O–H groups in total. The van der Waals surface area contributed by atoms with Crippen molar-refractivity contribution in [3.8, 4) is 5.06 Å². The van der Waals surface area contributed by atoms with Crippen molar-refractivity contribution < 1.29 is 9.53 Å². The first-order chi connectivity index (χ1) is 10.7. The van der Waals surface area contributed by atoms with Gasteiger partial charge in [0.25, 0.3) is 0 Å². The first-order valence-corrected chi connectivity index (χ1v) is 8.17. The highest BCUT2D eigenvalue weighted by Gasteiger charge is 2.29. The van der Waals surface area contributed by atoms with Crippen molar-refractivity contribution in [1.82, 2.24) is 19.7 Å². The van der Waals surface area contributed by atoms with Crippen molar-refractivity contribution in [1.29, 1.82) is 0 Å². The van der Waals surface area contributed by atoms with E-state index in [1.165, 1.54) is 29.9 Å². The molecule has 0 spiro atoms. The fraction of sp³-hybridized carbons (Fsp3) is 0.500. The first-order valence-electron chi connectivity index (χ1n) is 7.35. The van der Waals surface area contributed by atoms with E-state index in [9.17, 15) is 4.79 Å². The normalized spacial score (nSPS) is 17.2. The van der Waals surface area contributed by atoms with E-state index in [0.717, 1.165) is 12.2 Å². The highest BCUT2D eigenvalue weighted by molar-refractivity contribution is 7.17. The number of ether oxygens (including phenoxy) is 1. The highest BCUT2D eigenvalue weighted by Crippen LogP contribution is 2.39. The van der Waals surface area contributed by atoms with Gasteiger partial charge in [0.15, 0.2) is 10.2 Å². The maximum absolute atomic E-state index is 12.3. The Bertz CT molecular complexity index is 706. The summed E-state index contributed by atoms with van der Waals surface area (Å²) < 4.78 is 7.11. The molecule has 8 heteroatoms. The number of urea groups is 1. The lowest BCUT2D eigenvalue weighted by Gasteiger charge is -2.27. The average Bonchev–Trinajstić information content (AvgIpc) is 3.13. The van der Waals surface area contributed by atoms with Crippen molar-refractivity contribution in [3.05, 3.63) is 23.7 Å². The van der Waals surface area contributed by atoms with E-state index >= 15 is 0 Å². The molecular weight excluding hydrogens is 302 g/mol. The zero-order chi connectivity index (χ0) is 15.1. The molecule has 0 atom stereocenters. The van der Waals surface area contributed by atoms with Gasteiger partial charge in [-0.2, -0.15) is 5.10 Å². The molecule has 0 unspecified atom stereocenters. The zero-order valence-corrected chi connectivity index (χ0v) is 13.1. The summed E-state index contributed by atoms with van der Waals surface area (Å²) in [5, 5.41) is 8.70. The lowest BCUT2D eigenvalue weighted by Crippen LogP contribution is -2.40. The number of methoxy groups -OCH3 is 1. The lowest BCUT2D eigenvalue weighted by molar-refractivity contribution is 0.194. The van der Waals surface area contributed by atoms with Gasteiger partial charge in [-0.3, -0.25) is 10.00 Å². The monoisotopic (exact) mass is 319 g/mol. The molecule has 0 radical (unpaired) electrons. The van der Waals surface area contributed by atoms with E-state index in [2.05, 4.69) is 21.5 Å². The van der Waals surface area contributed by atoms with E-state index in [1.54, 1.807) is 18.2 Å². The number of aromatic nitrogens is 3. The first kappa shape index (κ1) is 13.6. The number of carbonyl (C=O) groups is 1. The minimum Gasteiger partial charge on any atom is -0.486 e. The standard InChI is InChI=1S/C14H17N5O2S/c1-21-12-7-15-13(22-12)16-14(20)18-4-5-19-10(8-18)6-11(17-19)9-2-3-9/h6-7,9H,2-5,8H2,1H3,(H,15,16,20). The van der Waals surface area contributed by atoms with Crippen LogP contribution in [-0.4, -0.2) is 39.4 Å². The number of nitrogens with zero attached hydrogens (tertiary/aromatic N) is 4. The van der Waals surface area contributed by atoms with Crippen LogP contribution in [0.15, 0.2) is 12.3 Å². The number of fused-ring (bicyclic) bond motifs is 1. The molecule has 22 heavy (non-hydrogen) atoms. The predicted octanol–water partition coefficient (Wildman–Crippen LogP) is 2.27. The topological polar surface area (TPSA) is 72.3 Å². The van der Waals surface area contributed by atoms with E-state index in [4.69, 9.17) is 4.74 Å². The number of anilines is 1. The number of hydrogen-bond acceptors (Lipinski definition) is 5. The summed E-state index contributed by atoms with van der Waals surface area (Å²) >= 11 is 1.32. The summed E-state index contributed by atoms with van der Waals surface area (Å²) in [7, 11) is 1.59. The summed E-state index contributed by atoms with van der Waals surface area (Å²) in [6.45, 7) is 2.00. The fourth-order valence-corrected chi connectivity index (χ4v) is 3.25. The zero-order valence-electron chi connectivity index (χ0n) is 12.3. The van der Waals surface area contributed by atoms with Crippen molar-refractivity contribution in [2.75, 3.05) is 19.0 Å². The van der Waals surface area contributed by atoms with Gasteiger partial charge in [-0.25, -0.2) is 9.78 Å². The number of rotatable bonds is 3. The van der Waals surface area contributed by atoms with Crippen LogP contribution >= 0.6 is 11.3 Å². The van der Waals surface area contributed by atoms with Crippen LogP contribution in [-0.2, 0) is 13.1 Å². The van der Waals surface area contributed by atoms with Crippen LogP contribution in [0.25, 0.3) is 0 Å². The van der Waals surface area contributed by atoms with Gasteiger partial charge >= 0.3 is 6.03 Å². The molecule has 1 saturated carbocycles. The van der Waals surface area contributed by atoms with Crippen molar-refractivity contribution in [2.24, 2.45) is 0 Å². The SMILES string of the molecule is COc1cnc(NC(=O)N2CCn3nc(C4CC4)cc3C2)s1. The molecule has 0 saturated heterocycles. The molecule has 7 nitrogen and oxygen atoms in total. The predicted molar refractivity (Wildman–Crippen MR) is 82.3 cm³/mol. The lowest BCUT2D eigenvalue weighted by atomic mass is 10.2. The Morgan fingerprint density at radius 2 is 2.32 bits per heavy atom. The van der Waals surface area contributed by atoms with Gasteiger partial charge < -0.3 is 9.64 Å². The third-order valence-electron chi connectivity index (χ3n) is 4.00. The van der Waals surface area contributed by atoms with Crippen LogP contribution in [0.5, 0.6) is 5.06 Å². The second-order valence-corrected chi connectivity index (χ2v) is 6.59. The van der Waals surface area contributed by atoms with Crippen LogP contribution in [0.3, 0.4) is 0 Å². The number of carbonyl (C=O) groups excluding carboxylic acids is 1. The summed E-state index contributed by atoms with van der Waals surface area (Å²) in [6.07, 6.45) is 4.09.